The van der Waals surface area contributed by atoms with Gasteiger partial charge in [0.15, 0.2) is 0 Å². The molecule has 0 aromatic carbocycles. The van der Waals surface area contributed by atoms with Crippen LogP contribution in [-0.2, 0) is 14.3 Å². The van der Waals surface area contributed by atoms with Crippen LogP contribution in [0.3, 0.4) is 0 Å². The molecule has 9 heavy (non-hydrogen) atoms. The zero-order valence-electron chi connectivity index (χ0n) is 4.87. The van der Waals surface area contributed by atoms with Gasteiger partial charge in [0.1, 0.15) is 19.3 Å². The Morgan fingerprint density at radius 1 is 1.67 bits per heavy atom. The van der Waals surface area contributed by atoms with Crippen molar-refractivity contribution in [2.75, 3.05) is 13.2 Å². The van der Waals surface area contributed by atoms with Gasteiger partial charge in [-0.15, -0.1) is 0 Å². The molecule has 0 spiro atoms. The number of carbonyl (C=O) groups excluding carboxylic acids is 2. The minimum Gasteiger partial charge on any atom is -0.463 e. The molecule has 4 heteroatoms. The van der Waals surface area contributed by atoms with E-state index in [9.17, 15) is 9.59 Å². The summed E-state index contributed by atoms with van der Waals surface area (Å²) in [5.74, 6) is -0.598. The Morgan fingerprint density at radius 3 is 2.78 bits per heavy atom. The summed E-state index contributed by atoms with van der Waals surface area (Å²) in [7, 11) is 0. The summed E-state index contributed by atoms with van der Waals surface area (Å²) in [6.07, 6.45) is 0.222. The highest BCUT2D eigenvalue weighted by atomic mass is 16.5. The van der Waals surface area contributed by atoms with E-state index in [2.05, 4.69) is 4.74 Å². The van der Waals surface area contributed by atoms with Crippen molar-refractivity contribution in [2.45, 2.75) is 6.42 Å². The lowest BCUT2D eigenvalue weighted by Crippen LogP contribution is -2.08. The Hall–Kier alpha value is -0.900. The van der Waals surface area contributed by atoms with Crippen molar-refractivity contribution in [1.82, 2.24) is 0 Å². The van der Waals surface area contributed by atoms with Crippen LogP contribution < -0.4 is 0 Å². The number of aldehydes is 1. The molecule has 0 rings (SSSR count). The summed E-state index contributed by atoms with van der Waals surface area (Å²) >= 11 is 0. The van der Waals surface area contributed by atoms with E-state index in [4.69, 9.17) is 5.11 Å². The molecule has 0 saturated carbocycles. The number of hydrogen-bond acceptors (Lipinski definition) is 4. The van der Waals surface area contributed by atoms with Gasteiger partial charge in [-0.05, 0) is 0 Å². The zero-order chi connectivity index (χ0) is 7.11. The number of carbonyl (C=O) groups is 2. The van der Waals surface area contributed by atoms with Gasteiger partial charge in [-0.3, -0.25) is 4.79 Å². The van der Waals surface area contributed by atoms with E-state index < -0.39 is 5.97 Å². The molecular formula is C5H8O4. The van der Waals surface area contributed by atoms with E-state index in [1.807, 2.05) is 0 Å². The number of rotatable bonds is 4. The molecule has 0 aliphatic rings. The number of esters is 1. The second kappa shape index (κ2) is 5.24. The molecule has 0 fully saturated rings. The predicted molar refractivity (Wildman–Crippen MR) is 28.7 cm³/mol. The lowest BCUT2D eigenvalue weighted by Gasteiger charge is -1.96. The van der Waals surface area contributed by atoms with Gasteiger partial charge in [0.25, 0.3) is 0 Å². The van der Waals surface area contributed by atoms with E-state index >= 15 is 0 Å². The summed E-state index contributed by atoms with van der Waals surface area (Å²) in [5, 5.41) is 8.12. The lowest BCUT2D eigenvalue weighted by molar-refractivity contribution is -0.145. The third-order valence-corrected chi connectivity index (χ3v) is 0.604. The van der Waals surface area contributed by atoms with Crippen molar-refractivity contribution < 1.29 is 19.4 Å². The number of aliphatic hydroxyl groups excluding tert-OH is 1. The molecule has 0 saturated heterocycles. The van der Waals surface area contributed by atoms with Crippen molar-refractivity contribution in [2.24, 2.45) is 0 Å². The summed E-state index contributed by atoms with van der Waals surface area (Å²) in [6.45, 7) is -0.239. The van der Waals surface area contributed by atoms with Gasteiger partial charge >= 0.3 is 5.97 Å². The molecule has 0 radical (unpaired) electrons. The highest BCUT2D eigenvalue weighted by Crippen LogP contribution is 1.80. The van der Waals surface area contributed by atoms with Gasteiger partial charge in [0, 0.05) is 0 Å². The number of aliphatic hydroxyl groups is 1. The Balaban J connectivity index is 3.16. The molecule has 0 aliphatic heterocycles. The summed E-state index contributed by atoms with van der Waals surface area (Å²) in [4.78, 5) is 19.9. The van der Waals surface area contributed by atoms with Gasteiger partial charge < -0.3 is 14.6 Å². The first-order valence-corrected chi connectivity index (χ1v) is 2.51. The van der Waals surface area contributed by atoms with E-state index in [1.165, 1.54) is 0 Å². The molecule has 0 aromatic heterocycles. The van der Waals surface area contributed by atoms with Crippen molar-refractivity contribution in [3.8, 4) is 0 Å². The van der Waals surface area contributed by atoms with E-state index in [1.54, 1.807) is 0 Å². The van der Waals surface area contributed by atoms with Crippen LogP contribution in [0.15, 0.2) is 0 Å². The largest absolute Gasteiger partial charge is 0.463 e. The highest BCUT2D eigenvalue weighted by molar-refractivity contribution is 5.83. The normalized spacial score (nSPS) is 8.56. The molecule has 0 unspecified atom stereocenters. The van der Waals surface area contributed by atoms with Crippen molar-refractivity contribution in [1.29, 1.82) is 0 Å². The van der Waals surface area contributed by atoms with Crippen LogP contribution in [0.4, 0.5) is 0 Å². The maximum Gasteiger partial charge on any atom is 0.313 e. The van der Waals surface area contributed by atoms with Crippen LogP contribution in [-0.4, -0.2) is 30.6 Å². The van der Waals surface area contributed by atoms with E-state index in [0.717, 1.165) is 0 Å². The first kappa shape index (κ1) is 8.10. The van der Waals surface area contributed by atoms with Gasteiger partial charge in [-0.25, -0.2) is 0 Å². The molecule has 0 aliphatic carbocycles. The van der Waals surface area contributed by atoms with Gasteiger partial charge in [-0.2, -0.15) is 0 Å². The first-order chi connectivity index (χ1) is 4.31. The first-order valence-electron chi connectivity index (χ1n) is 2.51. The Labute approximate surface area is 52.4 Å². The average Bonchev–Trinajstić information content (AvgIpc) is 1.85. The monoisotopic (exact) mass is 132 g/mol. The average molecular weight is 132 g/mol. The lowest BCUT2D eigenvalue weighted by atomic mass is 10.5. The third kappa shape index (κ3) is 4.96. The van der Waals surface area contributed by atoms with Crippen LogP contribution in [0.1, 0.15) is 6.42 Å². The fraction of sp³-hybridized carbons (Fsp3) is 0.600. The molecule has 4 nitrogen and oxygen atoms in total. The maximum atomic E-state index is 10.2. The molecule has 0 aromatic rings. The van der Waals surface area contributed by atoms with E-state index in [-0.39, 0.29) is 19.6 Å². The molecule has 52 valence electrons. The standard InChI is InChI=1S/C5H8O4/c6-2-1-5(8)9-4-3-7/h2,7H,1,3-4H2. The molecule has 0 amide bonds. The molecule has 0 bridgehead atoms. The Bertz CT molecular complexity index is 99.1. The zero-order valence-corrected chi connectivity index (χ0v) is 4.87. The van der Waals surface area contributed by atoms with Gasteiger partial charge in [0.05, 0.1) is 6.61 Å². The van der Waals surface area contributed by atoms with Crippen LogP contribution in [0.2, 0.25) is 0 Å². The Morgan fingerprint density at radius 2 is 2.33 bits per heavy atom. The minimum atomic E-state index is -0.598. The Kier molecular flexibility index (Phi) is 4.72. The summed E-state index contributed by atoms with van der Waals surface area (Å²) < 4.78 is 4.31. The maximum absolute atomic E-state index is 10.2. The van der Waals surface area contributed by atoms with Crippen LogP contribution in [0, 0.1) is 0 Å². The van der Waals surface area contributed by atoms with E-state index in [0.29, 0.717) is 6.29 Å². The molecule has 0 atom stereocenters. The van der Waals surface area contributed by atoms with Crippen molar-refractivity contribution in [3.63, 3.8) is 0 Å². The highest BCUT2D eigenvalue weighted by Gasteiger charge is 1.97. The fourth-order valence-electron chi connectivity index (χ4n) is 0.286. The fourth-order valence-corrected chi connectivity index (χ4v) is 0.286. The van der Waals surface area contributed by atoms with Crippen LogP contribution in [0.5, 0.6) is 0 Å². The number of ether oxygens (including phenoxy) is 1. The van der Waals surface area contributed by atoms with Crippen molar-refractivity contribution >= 4 is 12.3 Å². The quantitative estimate of drug-likeness (QED) is 0.306. The minimum absolute atomic E-state index is 0.0350. The smallest absolute Gasteiger partial charge is 0.313 e. The molecular weight excluding hydrogens is 124 g/mol. The number of hydrogen-bond donors (Lipinski definition) is 1. The van der Waals surface area contributed by atoms with Crippen LogP contribution in [0.25, 0.3) is 0 Å². The summed E-state index contributed by atoms with van der Waals surface area (Å²) in [6, 6.07) is 0. The van der Waals surface area contributed by atoms with Gasteiger partial charge in [0.2, 0.25) is 0 Å². The SMILES string of the molecule is O=CCC(=O)OCCO. The third-order valence-electron chi connectivity index (χ3n) is 0.604. The second-order valence-electron chi connectivity index (χ2n) is 1.31. The molecule has 0 heterocycles. The topological polar surface area (TPSA) is 63.6 Å². The van der Waals surface area contributed by atoms with Gasteiger partial charge in [-0.1, -0.05) is 0 Å². The molecule has 1 N–H and O–H groups in total. The van der Waals surface area contributed by atoms with Crippen LogP contribution >= 0.6 is 0 Å². The summed E-state index contributed by atoms with van der Waals surface area (Å²) in [5.41, 5.74) is 0. The second-order valence-corrected chi connectivity index (χ2v) is 1.31. The van der Waals surface area contributed by atoms with Crippen molar-refractivity contribution in [3.05, 3.63) is 0 Å². The predicted octanol–water partition coefficient (Wildman–Crippen LogP) is -0.889.